The van der Waals surface area contributed by atoms with Crippen molar-refractivity contribution in [2.75, 3.05) is 7.11 Å². The zero-order valence-electron chi connectivity index (χ0n) is 14.6. The first kappa shape index (κ1) is 15.9. The van der Waals surface area contributed by atoms with Crippen molar-refractivity contribution in [3.05, 3.63) is 60.2 Å². The van der Waals surface area contributed by atoms with Crippen LogP contribution in [0.15, 0.2) is 54.6 Å². The van der Waals surface area contributed by atoms with Gasteiger partial charge in [-0.3, -0.25) is 0 Å². The predicted octanol–water partition coefficient (Wildman–Crippen LogP) is 5.60. The number of aromatic nitrogens is 1. The van der Waals surface area contributed by atoms with E-state index in [1.54, 1.807) is 0 Å². The maximum atomic E-state index is 11.9. The highest BCUT2D eigenvalue weighted by Gasteiger charge is 2.21. The lowest BCUT2D eigenvalue weighted by Gasteiger charge is -2.26. The van der Waals surface area contributed by atoms with Crippen LogP contribution in [-0.2, 0) is 4.74 Å². The third kappa shape index (κ3) is 2.95. The van der Waals surface area contributed by atoms with Crippen molar-refractivity contribution in [3.63, 3.8) is 0 Å². The van der Waals surface area contributed by atoms with Crippen LogP contribution in [0.3, 0.4) is 0 Å². The molecule has 1 saturated carbocycles. The van der Waals surface area contributed by atoms with Gasteiger partial charge in [-0.25, -0.2) is 4.79 Å². The van der Waals surface area contributed by atoms with Gasteiger partial charge in [-0.15, -0.1) is 0 Å². The summed E-state index contributed by atoms with van der Waals surface area (Å²) in [4.78, 5) is 11.9. The minimum Gasteiger partial charge on any atom is -0.465 e. The molecule has 25 heavy (non-hydrogen) atoms. The van der Waals surface area contributed by atoms with Crippen molar-refractivity contribution in [1.82, 2.24) is 4.57 Å². The average molecular weight is 333 g/mol. The minimum absolute atomic E-state index is 0.284. The number of rotatable bonds is 3. The van der Waals surface area contributed by atoms with Crippen LogP contribution in [0, 0.1) is 0 Å². The Kier molecular flexibility index (Phi) is 4.31. The molecular formula is C22H23NO2. The fourth-order valence-electron chi connectivity index (χ4n) is 4.04. The van der Waals surface area contributed by atoms with Crippen molar-refractivity contribution in [1.29, 1.82) is 0 Å². The summed E-state index contributed by atoms with van der Waals surface area (Å²) >= 11 is 0. The van der Waals surface area contributed by atoms with Crippen molar-refractivity contribution in [2.24, 2.45) is 0 Å². The highest BCUT2D eigenvalue weighted by atomic mass is 16.5. The molecule has 0 saturated heterocycles. The van der Waals surface area contributed by atoms with Gasteiger partial charge >= 0.3 is 5.97 Å². The first-order valence-corrected chi connectivity index (χ1v) is 9.06. The van der Waals surface area contributed by atoms with Gasteiger partial charge in [0.2, 0.25) is 0 Å². The van der Waals surface area contributed by atoms with E-state index in [0.29, 0.717) is 11.6 Å². The predicted molar refractivity (Wildman–Crippen MR) is 101 cm³/mol. The summed E-state index contributed by atoms with van der Waals surface area (Å²) in [5.41, 5.74) is 4.28. The summed E-state index contributed by atoms with van der Waals surface area (Å²) in [6.45, 7) is 0. The molecule has 0 radical (unpaired) electrons. The fraction of sp³-hybridized carbons (Fsp3) is 0.318. The van der Waals surface area contributed by atoms with Crippen LogP contribution in [-0.4, -0.2) is 17.6 Å². The monoisotopic (exact) mass is 333 g/mol. The molecule has 3 aromatic rings. The third-order valence-corrected chi connectivity index (χ3v) is 5.27. The molecule has 0 aliphatic heterocycles. The number of hydrogen-bond acceptors (Lipinski definition) is 2. The molecule has 2 aromatic carbocycles. The topological polar surface area (TPSA) is 31.2 Å². The summed E-state index contributed by atoms with van der Waals surface area (Å²) in [5, 5.41) is 1.10. The Morgan fingerprint density at radius 3 is 2.48 bits per heavy atom. The molecule has 4 rings (SSSR count). The van der Waals surface area contributed by atoms with Gasteiger partial charge in [0.1, 0.15) is 0 Å². The summed E-state index contributed by atoms with van der Waals surface area (Å²) < 4.78 is 7.37. The number of nitrogens with zero attached hydrogens (tertiary/aromatic N) is 1. The van der Waals surface area contributed by atoms with Gasteiger partial charge in [0.25, 0.3) is 0 Å². The molecule has 1 heterocycles. The molecule has 0 bridgehead atoms. The second-order valence-corrected chi connectivity index (χ2v) is 6.82. The molecule has 1 fully saturated rings. The number of fused-ring (bicyclic) bond motifs is 1. The second-order valence-electron chi connectivity index (χ2n) is 6.82. The molecule has 1 aliphatic rings. The lowest BCUT2D eigenvalue weighted by Crippen LogP contribution is -2.13. The van der Waals surface area contributed by atoms with Crippen molar-refractivity contribution >= 4 is 16.9 Å². The van der Waals surface area contributed by atoms with Crippen LogP contribution in [0.1, 0.15) is 48.5 Å². The van der Waals surface area contributed by atoms with Gasteiger partial charge in [-0.05, 0) is 42.7 Å². The Labute approximate surface area is 148 Å². The largest absolute Gasteiger partial charge is 0.465 e. The first-order valence-electron chi connectivity index (χ1n) is 9.06. The summed E-state index contributed by atoms with van der Waals surface area (Å²) in [7, 11) is 1.43. The zero-order valence-corrected chi connectivity index (χ0v) is 14.6. The van der Waals surface area contributed by atoms with E-state index in [4.69, 9.17) is 4.74 Å². The standard InChI is InChI=1S/C22H23NO2/c1-25-22(24)17-12-13-20-18(14-17)15-21(16-8-4-2-5-9-16)23(20)19-10-6-3-7-11-19/h2,4-5,8-9,12-15,19H,3,6-7,10-11H2,1H3. The fourth-order valence-corrected chi connectivity index (χ4v) is 4.04. The minimum atomic E-state index is -0.284. The number of methoxy groups -OCH3 is 1. The Morgan fingerprint density at radius 1 is 1.00 bits per heavy atom. The summed E-state index contributed by atoms with van der Waals surface area (Å²) in [6, 6.07) is 19.2. The summed E-state index contributed by atoms with van der Waals surface area (Å²) in [6.07, 6.45) is 6.37. The maximum absolute atomic E-state index is 11.9. The van der Waals surface area contributed by atoms with Gasteiger partial charge in [-0.1, -0.05) is 49.6 Å². The molecule has 0 atom stereocenters. The smallest absolute Gasteiger partial charge is 0.337 e. The van der Waals surface area contributed by atoms with E-state index in [2.05, 4.69) is 41.0 Å². The van der Waals surface area contributed by atoms with Gasteiger partial charge in [0.15, 0.2) is 0 Å². The molecule has 128 valence electrons. The quantitative estimate of drug-likeness (QED) is 0.584. The van der Waals surface area contributed by atoms with E-state index in [0.717, 1.165) is 5.39 Å². The third-order valence-electron chi connectivity index (χ3n) is 5.27. The van der Waals surface area contributed by atoms with Crippen molar-refractivity contribution in [3.8, 4) is 11.3 Å². The molecule has 0 spiro atoms. The van der Waals surface area contributed by atoms with Gasteiger partial charge < -0.3 is 9.30 Å². The number of hydrogen-bond donors (Lipinski definition) is 0. The Morgan fingerprint density at radius 2 is 1.76 bits per heavy atom. The van der Waals surface area contributed by atoms with Crippen LogP contribution >= 0.6 is 0 Å². The number of carbonyl (C=O) groups is 1. The Hall–Kier alpha value is -2.55. The second kappa shape index (κ2) is 6.75. The van der Waals surface area contributed by atoms with Crippen LogP contribution in [0.25, 0.3) is 22.2 Å². The molecular weight excluding hydrogens is 310 g/mol. The van der Waals surface area contributed by atoms with Crippen LogP contribution in [0.5, 0.6) is 0 Å². The molecule has 3 nitrogen and oxygen atoms in total. The molecule has 0 amide bonds. The number of benzene rings is 2. The highest BCUT2D eigenvalue weighted by molar-refractivity contribution is 5.96. The van der Waals surface area contributed by atoms with E-state index in [1.165, 1.54) is 56.0 Å². The van der Waals surface area contributed by atoms with Crippen LogP contribution in [0.4, 0.5) is 0 Å². The van der Waals surface area contributed by atoms with Crippen LogP contribution in [0.2, 0.25) is 0 Å². The molecule has 1 aliphatic carbocycles. The van der Waals surface area contributed by atoms with Gasteiger partial charge in [-0.2, -0.15) is 0 Å². The number of ether oxygens (including phenoxy) is 1. The van der Waals surface area contributed by atoms with Crippen molar-refractivity contribution < 1.29 is 9.53 Å². The SMILES string of the molecule is COC(=O)c1ccc2c(c1)cc(-c1ccccc1)n2C1CCCCC1. The number of esters is 1. The van der Waals surface area contributed by atoms with Gasteiger partial charge in [0, 0.05) is 22.6 Å². The van der Waals surface area contributed by atoms with E-state index in [1.807, 2.05) is 18.2 Å². The zero-order chi connectivity index (χ0) is 17.2. The van der Waals surface area contributed by atoms with E-state index in [9.17, 15) is 4.79 Å². The lowest BCUT2D eigenvalue weighted by atomic mass is 9.94. The molecule has 1 aromatic heterocycles. The molecule has 0 unspecified atom stereocenters. The first-order chi connectivity index (χ1) is 12.3. The van der Waals surface area contributed by atoms with E-state index >= 15 is 0 Å². The van der Waals surface area contributed by atoms with E-state index in [-0.39, 0.29) is 5.97 Å². The molecule has 0 N–H and O–H groups in total. The van der Waals surface area contributed by atoms with E-state index < -0.39 is 0 Å². The normalized spacial score (nSPS) is 15.4. The molecule has 3 heteroatoms. The Bertz CT molecular complexity index is 889. The Balaban J connectivity index is 1.90. The number of carbonyl (C=O) groups excluding carboxylic acids is 1. The average Bonchev–Trinajstić information content (AvgIpc) is 3.07. The lowest BCUT2D eigenvalue weighted by molar-refractivity contribution is 0.0601. The van der Waals surface area contributed by atoms with Crippen LogP contribution < -0.4 is 0 Å². The maximum Gasteiger partial charge on any atom is 0.337 e. The summed E-state index contributed by atoms with van der Waals surface area (Å²) in [5.74, 6) is -0.284. The van der Waals surface area contributed by atoms with Gasteiger partial charge in [0.05, 0.1) is 12.7 Å². The highest BCUT2D eigenvalue weighted by Crippen LogP contribution is 2.37. The van der Waals surface area contributed by atoms with Crippen molar-refractivity contribution in [2.45, 2.75) is 38.1 Å².